The van der Waals surface area contributed by atoms with Crippen LogP contribution in [-0.4, -0.2) is 16.2 Å². The maximum atomic E-state index is 6.28. The summed E-state index contributed by atoms with van der Waals surface area (Å²) in [5.74, 6) is 1.82. The Kier molecular flexibility index (Phi) is 5.30. The van der Waals surface area contributed by atoms with Gasteiger partial charge < -0.3 is 9.30 Å². The average molecular weight is 295 g/mol. The van der Waals surface area contributed by atoms with Crippen LogP contribution >= 0.6 is 11.6 Å². The van der Waals surface area contributed by atoms with Crippen LogP contribution in [0.3, 0.4) is 0 Å². The Morgan fingerprint density at radius 1 is 1.30 bits per heavy atom. The molecule has 1 unspecified atom stereocenters. The number of benzene rings is 1. The van der Waals surface area contributed by atoms with Crippen molar-refractivity contribution in [1.82, 2.24) is 9.55 Å². The van der Waals surface area contributed by atoms with Gasteiger partial charge in [0.05, 0.1) is 23.0 Å². The minimum atomic E-state index is -0.0837. The first-order chi connectivity index (χ1) is 9.67. The van der Waals surface area contributed by atoms with Crippen molar-refractivity contribution < 1.29 is 4.74 Å². The van der Waals surface area contributed by atoms with Crippen LogP contribution in [-0.2, 0) is 6.54 Å². The van der Waals surface area contributed by atoms with Crippen LogP contribution in [0, 0.1) is 0 Å². The zero-order valence-corrected chi connectivity index (χ0v) is 13.3. The summed E-state index contributed by atoms with van der Waals surface area (Å²) in [4.78, 5) is 4.68. The van der Waals surface area contributed by atoms with Gasteiger partial charge in [-0.3, -0.25) is 0 Å². The molecule has 2 rings (SSSR count). The third-order valence-corrected chi connectivity index (χ3v) is 3.60. The molecule has 1 aromatic carbocycles. The Bertz CT molecular complexity index is 563. The van der Waals surface area contributed by atoms with Gasteiger partial charge in [-0.2, -0.15) is 0 Å². The topological polar surface area (TPSA) is 27.1 Å². The molecule has 0 aliphatic carbocycles. The summed E-state index contributed by atoms with van der Waals surface area (Å²) in [5, 5.41) is -0.0837. The molecule has 1 atom stereocenters. The molecule has 0 N–H and O–H groups in total. The van der Waals surface area contributed by atoms with Crippen LogP contribution in [0.4, 0.5) is 0 Å². The minimum Gasteiger partial charge on any atom is -0.494 e. The van der Waals surface area contributed by atoms with Gasteiger partial charge >= 0.3 is 0 Å². The molecule has 0 saturated heterocycles. The number of unbranched alkanes of at least 4 members (excludes halogenated alkanes) is 2. The molecule has 110 valence electrons. The van der Waals surface area contributed by atoms with Crippen molar-refractivity contribution in [3.05, 3.63) is 24.0 Å². The number of hydrogen-bond donors (Lipinski definition) is 0. The van der Waals surface area contributed by atoms with E-state index in [2.05, 4.69) is 22.5 Å². The highest BCUT2D eigenvalue weighted by atomic mass is 35.5. The smallest absolute Gasteiger partial charge is 0.127 e. The lowest BCUT2D eigenvalue weighted by atomic mass is 10.2. The molecule has 4 heteroatoms. The summed E-state index contributed by atoms with van der Waals surface area (Å²) in [7, 11) is 0. The number of fused-ring (bicyclic) bond motifs is 1. The SMILES string of the molecule is CCCCCn1c(C(C)Cl)nc2cc(OCC)ccc21. The normalized spacial score (nSPS) is 12.8. The molecule has 0 spiro atoms. The van der Waals surface area contributed by atoms with Gasteiger partial charge in [0.2, 0.25) is 0 Å². The number of aromatic nitrogens is 2. The fourth-order valence-electron chi connectivity index (χ4n) is 2.44. The summed E-state index contributed by atoms with van der Waals surface area (Å²) in [6, 6.07) is 6.09. The van der Waals surface area contributed by atoms with Crippen LogP contribution in [0.15, 0.2) is 18.2 Å². The van der Waals surface area contributed by atoms with Crippen LogP contribution in [0.1, 0.15) is 51.2 Å². The van der Waals surface area contributed by atoms with E-state index in [1.54, 1.807) is 0 Å². The van der Waals surface area contributed by atoms with Crippen LogP contribution in [0.2, 0.25) is 0 Å². The molecule has 3 nitrogen and oxygen atoms in total. The van der Waals surface area contributed by atoms with Gasteiger partial charge in [-0.25, -0.2) is 4.98 Å². The van der Waals surface area contributed by atoms with E-state index in [1.807, 2.05) is 26.0 Å². The van der Waals surface area contributed by atoms with Crippen molar-refractivity contribution in [2.24, 2.45) is 0 Å². The highest BCUT2D eigenvalue weighted by Crippen LogP contribution is 2.27. The fourth-order valence-corrected chi connectivity index (χ4v) is 2.61. The third kappa shape index (κ3) is 3.26. The summed E-state index contributed by atoms with van der Waals surface area (Å²) >= 11 is 6.28. The first-order valence-electron chi connectivity index (χ1n) is 7.44. The van der Waals surface area contributed by atoms with Gasteiger partial charge in [0.15, 0.2) is 0 Å². The number of rotatable bonds is 7. The number of hydrogen-bond acceptors (Lipinski definition) is 2. The van der Waals surface area contributed by atoms with E-state index >= 15 is 0 Å². The van der Waals surface area contributed by atoms with Gasteiger partial charge in [-0.1, -0.05) is 19.8 Å². The summed E-state index contributed by atoms with van der Waals surface area (Å²) in [5.41, 5.74) is 2.11. The molecule has 20 heavy (non-hydrogen) atoms. The molecule has 0 saturated carbocycles. The van der Waals surface area contributed by atoms with Crippen LogP contribution < -0.4 is 4.74 Å². The number of nitrogens with zero attached hydrogens (tertiary/aromatic N) is 2. The number of halogens is 1. The Balaban J connectivity index is 2.38. The lowest BCUT2D eigenvalue weighted by Crippen LogP contribution is -2.04. The maximum absolute atomic E-state index is 6.28. The zero-order valence-electron chi connectivity index (χ0n) is 12.5. The highest BCUT2D eigenvalue weighted by Gasteiger charge is 2.15. The maximum Gasteiger partial charge on any atom is 0.127 e. The van der Waals surface area contributed by atoms with Gasteiger partial charge in [-0.15, -0.1) is 11.6 Å². The fraction of sp³-hybridized carbons (Fsp3) is 0.562. The molecule has 0 aliphatic heterocycles. The molecular weight excluding hydrogens is 272 g/mol. The zero-order chi connectivity index (χ0) is 14.5. The number of alkyl halides is 1. The first kappa shape index (κ1) is 15.2. The van der Waals surface area contributed by atoms with E-state index in [1.165, 1.54) is 12.8 Å². The van der Waals surface area contributed by atoms with E-state index in [-0.39, 0.29) is 5.38 Å². The van der Waals surface area contributed by atoms with Crippen molar-refractivity contribution in [2.75, 3.05) is 6.61 Å². The van der Waals surface area contributed by atoms with Crippen molar-refractivity contribution in [1.29, 1.82) is 0 Å². The lowest BCUT2D eigenvalue weighted by molar-refractivity contribution is 0.340. The average Bonchev–Trinajstić information content (AvgIpc) is 2.78. The Morgan fingerprint density at radius 2 is 2.10 bits per heavy atom. The predicted molar refractivity (Wildman–Crippen MR) is 84.7 cm³/mol. The molecule has 1 aromatic heterocycles. The molecule has 0 amide bonds. The number of imidazole rings is 1. The molecular formula is C16H23ClN2O. The second kappa shape index (κ2) is 6.98. The van der Waals surface area contributed by atoms with Gasteiger partial charge in [0.1, 0.15) is 11.6 Å². The quantitative estimate of drug-likeness (QED) is 0.535. The lowest BCUT2D eigenvalue weighted by Gasteiger charge is -2.10. The van der Waals surface area contributed by atoms with Crippen LogP contribution in [0.25, 0.3) is 11.0 Å². The summed E-state index contributed by atoms with van der Waals surface area (Å²) in [6.45, 7) is 7.82. The van der Waals surface area contributed by atoms with Crippen molar-refractivity contribution in [3.8, 4) is 5.75 Å². The third-order valence-electron chi connectivity index (χ3n) is 3.40. The second-order valence-electron chi connectivity index (χ2n) is 5.03. The van der Waals surface area contributed by atoms with E-state index < -0.39 is 0 Å². The Morgan fingerprint density at radius 3 is 2.75 bits per heavy atom. The number of ether oxygens (including phenoxy) is 1. The first-order valence-corrected chi connectivity index (χ1v) is 7.88. The summed E-state index contributed by atoms with van der Waals surface area (Å²) in [6.07, 6.45) is 3.60. The number of aryl methyl sites for hydroxylation is 1. The molecule has 0 bridgehead atoms. The Hall–Kier alpha value is -1.22. The monoisotopic (exact) mass is 294 g/mol. The second-order valence-corrected chi connectivity index (χ2v) is 5.68. The van der Waals surface area contributed by atoms with Gasteiger partial charge in [0.25, 0.3) is 0 Å². The largest absolute Gasteiger partial charge is 0.494 e. The van der Waals surface area contributed by atoms with Crippen LogP contribution in [0.5, 0.6) is 5.75 Å². The highest BCUT2D eigenvalue weighted by molar-refractivity contribution is 6.20. The molecule has 0 aliphatic rings. The van der Waals surface area contributed by atoms with Crippen molar-refractivity contribution >= 4 is 22.6 Å². The molecule has 1 heterocycles. The standard InChI is InChI=1S/C16H23ClN2O/c1-4-6-7-10-19-15-9-8-13(20-5-2)11-14(15)18-16(19)12(3)17/h8-9,11-12H,4-7,10H2,1-3H3. The van der Waals surface area contributed by atoms with Crippen molar-refractivity contribution in [2.45, 2.75) is 52.0 Å². The minimum absolute atomic E-state index is 0.0837. The molecule has 0 fully saturated rings. The van der Waals surface area contributed by atoms with E-state index in [0.29, 0.717) is 6.61 Å². The summed E-state index contributed by atoms with van der Waals surface area (Å²) < 4.78 is 7.79. The molecule has 2 aromatic rings. The van der Waals surface area contributed by atoms with E-state index in [0.717, 1.165) is 35.6 Å². The van der Waals surface area contributed by atoms with Crippen molar-refractivity contribution in [3.63, 3.8) is 0 Å². The van der Waals surface area contributed by atoms with E-state index in [9.17, 15) is 0 Å². The molecule has 0 radical (unpaired) electrons. The van der Waals surface area contributed by atoms with E-state index in [4.69, 9.17) is 16.3 Å². The van der Waals surface area contributed by atoms with Gasteiger partial charge in [-0.05, 0) is 32.4 Å². The predicted octanol–water partition coefficient (Wildman–Crippen LogP) is 4.93. The van der Waals surface area contributed by atoms with Gasteiger partial charge in [0, 0.05) is 12.6 Å². The Labute approximate surface area is 125 Å².